The molecule has 0 unspecified atom stereocenters. The van der Waals surface area contributed by atoms with Crippen molar-refractivity contribution >= 4 is 5.82 Å². The van der Waals surface area contributed by atoms with E-state index in [1.807, 2.05) is 54.6 Å². The Kier molecular flexibility index (Phi) is 7.18. The fourth-order valence-corrected chi connectivity index (χ4v) is 3.59. The van der Waals surface area contributed by atoms with Crippen LogP contribution < -0.4 is 20.3 Å². The van der Waals surface area contributed by atoms with Crippen LogP contribution in [0.3, 0.4) is 0 Å². The topological polar surface area (TPSA) is 68.6 Å². The van der Waals surface area contributed by atoms with Crippen LogP contribution in [0.5, 0.6) is 11.5 Å². The minimum Gasteiger partial charge on any atom is -0.492 e. The number of benzene rings is 2. The molecule has 0 saturated carbocycles. The number of likely N-dealkylation sites (tertiary alicyclic amines) is 1. The molecule has 1 N–H and O–H groups in total. The molecule has 0 amide bonds. The molecule has 4 rings (SSSR count). The van der Waals surface area contributed by atoms with Crippen molar-refractivity contribution in [2.24, 2.45) is 0 Å². The Balaban J connectivity index is 1.31. The molecule has 1 aromatic heterocycles. The molecule has 31 heavy (non-hydrogen) atoms. The quantitative estimate of drug-likeness (QED) is 0.508. The molecule has 0 atom stereocenters. The van der Waals surface area contributed by atoms with E-state index in [1.165, 1.54) is 25.9 Å². The van der Waals surface area contributed by atoms with Gasteiger partial charge in [0.15, 0.2) is 5.82 Å². The lowest BCUT2D eigenvalue weighted by molar-refractivity contribution is 0.238. The van der Waals surface area contributed by atoms with E-state index in [-0.39, 0.29) is 5.56 Å². The molecule has 2 aromatic carbocycles. The van der Waals surface area contributed by atoms with Crippen LogP contribution in [-0.4, -0.2) is 53.8 Å². The van der Waals surface area contributed by atoms with Crippen molar-refractivity contribution in [3.63, 3.8) is 0 Å². The average Bonchev–Trinajstić information content (AvgIpc) is 3.33. The van der Waals surface area contributed by atoms with E-state index < -0.39 is 0 Å². The Bertz CT molecular complexity index is 999. The molecule has 1 aliphatic heterocycles. The molecule has 7 nitrogen and oxygen atoms in total. The highest BCUT2D eigenvalue weighted by Crippen LogP contribution is 2.15. The number of nitrogens with zero attached hydrogens (tertiary/aromatic N) is 3. The van der Waals surface area contributed by atoms with Crippen molar-refractivity contribution in [3.05, 3.63) is 77.3 Å². The fourth-order valence-electron chi connectivity index (χ4n) is 3.59. The molecule has 2 heterocycles. The van der Waals surface area contributed by atoms with E-state index in [9.17, 15) is 4.79 Å². The van der Waals surface area contributed by atoms with Gasteiger partial charge in [0.2, 0.25) is 0 Å². The van der Waals surface area contributed by atoms with Crippen molar-refractivity contribution < 1.29 is 9.47 Å². The van der Waals surface area contributed by atoms with Crippen molar-refractivity contribution in [2.75, 3.05) is 44.7 Å². The number of hydrogen-bond donors (Lipinski definition) is 1. The zero-order valence-corrected chi connectivity index (χ0v) is 17.6. The van der Waals surface area contributed by atoms with Gasteiger partial charge in [0.1, 0.15) is 24.7 Å². The lowest BCUT2D eigenvalue weighted by Gasteiger charge is -2.15. The summed E-state index contributed by atoms with van der Waals surface area (Å²) in [4.78, 5) is 19.4. The Morgan fingerprint density at radius 1 is 0.903 bits per heavy atom. The van der Waals surface area contributed by atoms with Gasteiger partial charge in [0.05, 0.1) is 6.54 Å². The Hall–Kier alpha value is -3.32. The number of anilines is 1. The molecule has 0 bridgehead atoms. The van der Waals surface area contributed by atoms with Crippen molar-refractivity contribution in [3.8, 4) is 17.2 Å². The maximum absolute atomic E-state index is 12.8. The molecule has 0 aliphatic carbocycles. The summed E-state index contributed by atoms with van der Waals surface area (Å²) in [7, 11) is 0. The first-order valence-corrected chi connectivity index (χ1v) is 10.7. The first-order valence-electron chi connectivity index (χ1n) is 10.7. The first-order chi connectivity index (χ1) is 15.3. The third kappa shape index (κ3) is 5.86. The largest absolute Gasteiger partial charge is 0.492 e. The van der Waals surface area contributed by atoms with Crippen LogP contribution in [0.2, 0.25) is 0 Å². The molecular formula is C24H28N4O3. The standard InChI is InChI=1S/C24H28N4O3/c29-24-23(26-13-18-30-21-6-2-1-3-7-21)25-12-16-28(24)20-8-10-22(11-9-20)31-19-17-27-14-4-5-15-27/h1-3,6-12,16H,4-5,13-15,17-19H2,(H,25,26). The number of ether oxygens (including phenoxy) is 2. The van der Waals surface area contributed by atoms with Crippen molar-refractivity contribution in [1.82, 2.24) is 14.5 Å². The molecule has 7 heteroatoms. The zero-order chi connectivity index (χ0) is 21.3. The van der Waals surface area contributed by atoms with Gasteiger partial charge in [-0.3, -0.25) is 14.3 Å². The second-order valence-electron chi connectivity index (χ2n) is 7.43. The Labute approximate surface area is 182 Å². The van der Waals surface area contributed by atoms with Crippen LogP contribution in [0.4, 0.5) is 5.82 Å². The van der Waals surface area contributed by atoms with Gasteiger partial charge in [-0.1, -0.05) is 18.2 Å². The van der Waals surface area contributed by atoms with Gasteiger partial charge in [0, 0.05) is 24.6 Å². The second-order valence-corrected chi connectivity index (χ2v) is 7.43. The molecular weight excluding hydrogens is 392 g/mol. The lowest BCUT2D eigenvalue weighted by atomic mass is 10.3. The number of hydrogen-bond acceptors (Lipinski definition) is 6. The van der Waals surface area contributed by atoms with Gasteiger partial charge in [-0.25, -0.2) is 4.98 Å². The average molecular weight is 421 g/mol. The van der Waals surface area contributed by atoms with Crippen LogP contribution in [-0.2, 0) is 0 Å². The van der Waals surface area contributed by atoms with E-state index in [4.69, 9.17) is 9.47 Å². The predicted octanol–water partition coefficient (Wildman–Crippen LogP) is 3.20. The molecule has 1 saturated heterocycles. The summed E-state index contributed by atoms with van der Waals surface area (Å²) in [6, 6.07) is 17.1. The van der Waals surface area contributed by atoms with E-state index in [0.717, 1.165) is 23.7 Å². The summed E-state index contributed by atoms with van der Waals surface area (Å²) in [6.07, 6.45) is 5.85. The van der Waals surface area contributed by atoms with E-state index >= 15 is 0 Å². The van der Waals surface area contributed by atoms with Crippen LogP contribution in [0.25, 0.3) is 5.69 Å². The third-order valence-electron chi connectivity index (χ3n) is 5.24. The van der Waals surface area contributed by atoms with Crippen molar-refractivity contribution in [2.45, 2.75) is 12.8 Å². The number of nitrogens with one attached hydrogen (secondary N) is 1. The SMILES string of the molecule is O=c1c(NCCOc2ccccc2)nccn1-c1ccc(OCCN2CCCC2)cc1. The minimum atomic E-state index is -0.204. The number of para-hydroxylation sites is 1. The van der Waals surface area contributed by atoms with Gasteiger partial charge < -0.3 is 14.8 Å². The highest BCUT2D eigenvalue weighted by Gasteiger charge is 2.11. The van der Waals surface area contributed by atoms with Gasteiger partial charge in [-0.15, -0.1) is 0 Å². The summed E-state index contributed by atoms with van der Waals surface area (Å²) in [5.74, 6) is 1.90. The van der Waals surface area contributed by atoms with Gasteiger partial charge in [-0.05, 0) is 62.3 Å². The maximum Gasteiger partial charge on any atom is 0.297 e. The Morgan fingerprint density at radius 3 is 2.39 bits per heavy atom. The number of aromatic nitrogens is 2. The Morgan fingerprint density at radius 2 is 1.61 bits per heavy atom. The zero-order valence-electron chi connectivity index (χ0n) is 17.6. The monoisotopic (exact) mass is 420 g/mol. The fraction of sp³-hybridized carbons (Fsp3) is 0.333. The molecule has 0 spiro atoms. The summed E-state index contributed by atoms with van der Waals surface area (Å²) in [5.41, 5.74) is 0.563. The number of rotatable bonds is 10. The molecule has 1 fully saturated rings. The van der Waals surface area contributed by atoms with Crippen molar-refractivity contribution in [1.29, 1.82) is 0 Å². The third-order valence-corrected chi connectivity index (χ3v) is 5.24. The summed E-state index contributed by atoms with van der Waals surface area (Å²) < 4.78 is 13.1. The normalized spacial score (nSPS) is 13.8. The lowest BCUT2D eigenvalue weighted by Crippen LogP contribution is -2.25. The van der Waals surface area contributed by atoms with Crippen LogP contribution in [0.15, 0.2) is 71.8 Å². The van der Waals surface area contributed by atoms with E-state index in [0.29, 0.717) is 25.6 Å². The minimum absolute atomic E-state index is 0.204. The first kappa shape index (κ1) is 20.9. The van der Waals surface area contributed by atoms with Gasteiger partial charge in [0.25, 0.3) is 5.56 Å². The molecule has 3 aromatic rings. The van der Waals surface area contributed by atoms with Crippen LogP contribution in [0.1, 0.15) is 12.8 Å². The molecule has 1 aliphatic rings. The molecule has 0 radical (unpaired) electrons. The predicted molar refractivity (Wildman–Crippen MR) is 121 cm³/mol. The summed E-state index contributed by atoms with van der Waals surface area (Å²) >= 11 is 0. The van der Waals surface area contributed by atoms with Crippen LogP contribution >= 0.6 is 0 Å². The van der Waals surface area contributed by atoms with Crippen LogP contribution in [0, 0.1) is 0 Å². The maximum atomic E-state index is 12.8. The smallest absolute Gasteiger partial charge is 0.297 e. The van der Waals surface area contributed by atoms with Gasteiger partial charge in [-0.2, -0.15) is 0 Å². The highest BCUT2D eigenvalue weighted by molar-refractivity contribution is 5.41. The van der Waals surface area contributed by atoms with E-state index in [1.54, 1.807) is 17.0 Å². The van der Waals surface area contributed by atoms with E-state index in [2.05, 4.69) is 15.2 Å². The second kappa shape index (κ2) is 10.6. The molecule has 162 valence electrons. The highest BCUT2D eigenvalue weighted by atomic mass is 16.5. The summed E-state index contributed by atoms with van der Waals surface area (Å²) in [6.45, 7) is 4.88. The van der Waals surface area contributed by atoms with Gasteiger partial charge >= 0.3 is 0 Å². The summed E-state index contributed by atoms with van der Waals surface area (Å²) in [5, 5.41) is 3.06.